The third-order valence-electron chi connectivity index (χ3n) is 7.27. The summed E-state index contributed by atoms with van der Waals surface area (Å²) in [5.74, 6) is 3.07. The van der Waals surface area contributed by atoms with Crippen molar-refractivity contribution in [2.24, 2.45) is 5.92 Å². The fourth-order valence-electron chi connectivity index (χ4n) is 5.24. The number of imidazole rings is 1. The molecule has 0 saturated heterocycles. The molecule has 1 aliphatic carbocycles. The molecule has 1 fully saturated rings. The summed E-state index contributed by atoms with van der Waals surface area (Å²) < 4.78 is 13.9. The molecule has 1 aromatic heterocycles. The maximum absolute atomic E-state index is 12.3. The van der Waals surface area contributed by atoms with Gasteiger partial charge in [0.2, 0.25) is 5.91 Å². The SMILES string of the molecule is C=CCc1ccc(OCCn2c(CCCCCNC(=O)C3CCCCC3)nc3ccccc32)c(OC)c1. The van der Waals surface area contributed by atoms with Gasteiger partial charge in [-0.2, -0.15) is 0 Å². The molecule has 1 amide bonds. The molecule has 1 aliphatic rings. The van der Waals surface area contributed by atoms with Crippen molar-refractivity contribution in [3.63, 3.8) is 0 Å². The van der Waals surface area contributed by atoms with Crippen LogP contribution in [0, 0.1) is 5.92 Å². The van der Waals surface area contributed by atoms with Crippen LogP contribution < -0.4 is 14.8 Å². The minimum absolute atomic E-state index is 0.237. The highest BCUT2D eigenvalue weighted by molar-refractivity contribution is 5.78. The standard InChI is InChI=1S/C31H41N3O3/c1-3-12-24-18-19-28(29(23-24)36-2)37-22-21-34-27-16-10-9-15-26(27)33-30(34)17-8-5-11-20-32-31(35)25-13-6-4-7-14-25/h3,9-10,15-16,18-19,23,25H,1,4-8,11-14,17,20-22H2,2H3,(H,32,35). The summed E-state index contributed by atoms with van der Waals surface area (Å²) in [5, 5.41) is 3.16. The molecule has 0 radical (unpaired) electrons. The summed E-state index contributed by atoms with van der Waals surface area (Å²) >= 11 is 0. The van der Waals surface area contributed by atoms with Crippen molar-refractivity contribution in [1.82, 2.24) is 14.9 Å². The number of methoxy groups -OCH3 is 1. The van der Waals surface area contributed by atoms with E-state index in [1.807, 2.05) is 24.3 Å². The number of amides is 1. The van der Waals surface area contributed by atoms with E-state index in [-0.39, 0.29) is 11.8 Å². The molecule has 0 atom stereocenters. The lowest BCUT2D eigenvalue weighted by atomic mass is 9.89. The van der Waals surface area contributed by atoms with Gasteiger partial charge in [0.25, 0.3) is 0 Å². The molecule has 1 N–H and O–H groups in total. The molecule has 198 valence electrons. The largest absolute Gasteiger partial charge is 0.493 e. The molecule has 0 spiro atoms. The first-order valence-corrected chi connectivity index (χ1v) is 13.8. The fourth-order valence-corrected chi connectivity index (χ4v) is 5.24. The number of nitrogens with one attached hydrogen (secondary N) is 1. The van der Waals surface area contributed by atoms with E-state index in [0.29, 0.717) is 13.2 Å². The lowest BCUT2D eigenvalue weighted by Gasteiger charge is -2.20. The topological polar surface area (TPSA) is 65.4 Å². The van der Waals surface area contributed by atoms with Crippen LogP contribution in [0.2, 0.25) is 0 Å². The average molecular weight is 504 g/mol. The lowest BCUT2D eigenvalue weighted by molar-refractivity contribution is -0.125. The summed E-state index contributed by atoms with van der Waals surface area (Å²) in [5.41, 5.74) is 3.30. The number of nitrogens with zero attached hydrogens (tertiary/aromatic N) is 2. The number of aromatic nitrogens is 2. The maximum atomic E-state index is 12.3. The summed E-state index contributed by atoms with van der Waals surface area (Å²) in [6, 6.07) is 14.3. The van der Waals surface area contributed by atoms with Crippen molar-refractivity contribution in [3.05, 3.63) is 66.5 Å². The van der Waals surface area contributed by atoms with Crippen LogP contribution in [0.4, 0.5) is 0 Å². The third kappa shape index (κ3) is 7.37. The van der Waals surface area contributed by atoms with Gasteiger partial charge in [-0.15, -0.1) is 6.58 Å². The second-order valence-electron chi connectivity index (χ2n) is 9.93. The lowest BCUT2D eigenvalue weighted by Crippen LogP contribution is -2.32. The van der Waals surface area contributed by atoms with Crippen LogP contribution in [-0.4, -0.2) is 35.7 Å². The first-order valence-electron chi connectivity index (χ1n) is 13.8. The van der Waals surface area contributed by atoms with E-state index >= 15 is 0 Å². The van der Waals surface area contributed by atoms with Crippen molar-refractivity contribution in [2.75, 3.05) is 20.3 Å². The number of rotatable bonds is 14. The van der Waals surface area contributed by atoms with E-state index in [9.17, 15) is 4.79 Å². The zero-order valence-corrected chi connectivity index (χ0v) is 22.2. The van der Waals surface area contributed by atoms with Crippen molar-refractivity contribution >= 4 is 16.9 Å². The van der Waals surface area contributed by atoms with Crippen molar-refractivity contribution in [3.8, 4) is 11.5 Å². The zero-order valence-electron chi connectivity index (χ0n) is 22.2. The van der Waals surface area contributed by atoms with Gasteiger partial charge in [0, 0.05) is 18.9 Å². The minimum Gasteiger partial charge on any atom is -0.493 e. The van der Waals surface area contributed by atoms with Gasteiger partial charge in [0.1, 0.15) is 12.4 Å². The van der Waals surface area contributed by atoms with E-state index in [1.165, 1.54) is 19.3 Å². The van der Waals surface area contributed by atoms with Crippen molar-refractivity contribution in [1.29, 1.82) is 0 Å². The number of allylic oxidation sites excluding steroid dienone is 1. The Morgan fingerprint density at radius 1 is 1.11 bits per heavy atom. The highest BCUT2D eigenvalue weighted by atomic mass is 16.5. The fraction of sp³-hybridized carbons (Fsp3) is 0.484. The summed E-state index contributed by atoms with van der Waals surface area (Å²) in [6.07, 6.45) is 12.5. The molecular weight excluding hydrogens is 462 g/mol. The minimum atomic E-state index is 0.237. The second-order valence-corrected chi connectivity index (χ2v) is 9.93. The highest BCUT2D eigenvalue weighted by Gasteiger charge is 2.20. The van der Waals surface area contributed by atoms with Gasteiger partial charge in [0.05, 0.1) is 24.7 Å². The van der Waals surface area contributed by atoms with E-state index in [0.717, 1.165) is 85.4 Å². The van der Waals surface area contributed by atoms with Crippen LogP contribution in [0.3, 0.4) is 0 Å². The second kappa shape index (κ2) is 13.9. The van der Waals surface area contributed by atoms with Crippen molar-refractivity contribution in [2.45, 2.75) is 70.8 Å². The van der Waals surface area contributed by atoms with Gasteiger partial charge in [0.15, 0.2) is 11.5 Å². The first kappa shape index (κ1) is 26.8. The Hall–Kier alpha value is -3.28. The van der Waals surface area contributed by atoms with Crippen LogP contribution >= 0.6 is 0 Å². The average Bonchev–Trinajstić information content (AvgIpc) is 3.29. The van der Waals surface area contributed by atoms with Crippen LogP contribution in [0.5, 0.6) is 11.5 Å². The molecule has 1 saturated carbocycles. The number of hydrogen-bond acceptors (Lipinski definition) is 4. The van der Waals surface area contributed by atoms with Gasteiger partial charge in [-0.1, -0.05) is 50.0 Å². The number of ether oxygens (including phenoxy) is 2. The number of unbranched alkanes of at least 4 members (excludes halogenated alkanes) is 2. The number of carbonyl (C=O) groups excluding carboxylic acids is 1. The Kier molecular flexibility index (Phi) is 10.0. The van der Waals surface area contributed by atoms with E-state index < -0.39 is 0 Å². The number of fused-ring (bicyclic) bond motifs is 1. The van der Waals surface area contributed by atoms with E-state index in [2.05, 4.69) is 40.7 Å². The van der Waals surface area contributed by atoms with Crippen LogP contribution in [-0.2, 0) is 24.2 Å². The molecule has 37 heavy (non-hydrogen) atoms. The molecule has 4 rings (SSSR count). The monoisotopic (exact) mass is 503 g/mol. The zero-order chi connectivity index (χ0) is 25.9. The summed E-state index contributed by atoms with van der Waals surface area (Å²) in [6.45, 7) is 5.82. The Labute approximate surface area is 221 Å². The van der Waals surface area contributed by atoms with E-state index in [1.54, 1.807) is 7.11 Å². The number of carbonyl (C=O) groups is 1. The van der Waals surface area contributed by atoms with Crippen LogP contribution in [0.25, 0.3) is 11.0 Å². The van der Waals surface area contributed by atoms with Gasteiger partial charge >= 0.3 is 0 Å². The number of hydrogen-bond donors (Lipinski definition) is 1. The molecule has 0 aliphatic heterocycles. The van der Waals surface area contributed by atoms with Gasteiger partial charge < -0.3 is 19.4 Å². The number of aryl methyl sites for hydroxylation is 1. The van der Waals surface area contributed by atoms with E-state index in [4.69, 9.17) is 14.5 Å². The Balaban J connectivity index is 1.28. The summed E-state index contributed by atoms with van der Waals surface area (Å²) in [4.78, 5) is 17.3. The number of para-hydroxylation sites is 2. The maximum Gasteiger partial charge on any atom is 0.223 e. The molecule has 1 heterocycles. The molecular formula is C31H41N3O3. The van der Waals surface area contributed by atoms with Gasteiger partial charge in [-0.25, -0.2) is 4.98 Å². The number of benzene rings is 2. The van der Waals surface area contributed by atoms with Crippen LogP contribution in [0.15, 0.2) is 55.1 Å². The smallest absolute Gasteiger partial charge is 0.223 e. The van der Waals surface area contributed by atoms with Crippen LogP contribution in [0.1, 0.15) is 62.8 Å². The Morgan fingerprint density at radius 3 is 2.76 bits per heavy atom. The first-order chi connectivity index (χ1) is 18.2. The normalized spacial score (nSPS) is 14.0. The molecule has 2 aromatic carbocycles. The Morgan fingerprint density at radius 2 is 1.95 bits per heavy atom. The third-order valence-corrected chi connectivity index (χ3v) is 7.27. The van der Waals surface area contributed by atoms with Gasteiger partial charge in [-0.3, -0.25) is 4.79 Å². The van der Waals surface area contributed by atoms with Gasteiger partial charge in [-0.05, 0) is 61.9 Å². The molecule has 0 bridgehead atoms. The molecule has 6 nitrogen and oxygen atoms in total. The molecule has 0 unspecified atom stereocenters. The predicted molar refractivity (Wildman–Crippen MR) is 149 cm³/mol. The highest BCUT2D eigenvalue weighted by Crippen LogP contribution is 2.29. The molecule has 6 heteroatoms. The predicted octanol–water partition coefficient (Wildman–Crippen LogP) is 6.26. The summed E-state index contributed by atoms with van der Waals surface area (Å²) in [7, 11) is 1.67. The molecule has 3 aromatic rings. The quantitative estimate of drug-likeness (QED) is 0.208. The Bertz CT molecular complexity index is 1160. The van der Waals surface area contributed by atoms with Crippen molar-refractivity contribution < 1.29 is 14.3 Å².